The van der Waals surface area contributed by atoms with Crippen LogP contribution in [0.15, 0.2) is 109 Å². The SMILES string of the molecule is CCN(CC)c1ccc(C(=CC=C(c2ccc(CC(=O)OCC3CO3)cc2)c2ccc(CC(=O)OC3CO3)cc2)c2ccc(N(CC)CC)cc2)cc1. The fourth-order valence-electron chi connectivity index (χ4n) is 6.40. The molecule has 0 N–H and O–H groups in total. The summed E-state index contributed by atoms with van der Waals surface area (Å²) in [5.41, 5.74) is 10.5. The topological polar surface area (TPSA) is 84.1 Å². The average molecular weight is 715 g/mol. The van der Waals surface area contributed by atoms with Crippen LogP contribution >= 0.6 is 0 Å². The number of epoxide rings is 2. The van der Waals surface area contributed by atoms with Crippen molar-refractivity contribution in [1.82, 2.24) is 0 Å². The van der Waals surface area contributed by atoms with Crippen LogP contribution in [0.1, 0.15) is 61.1 Å². The van der Waals surface area contributed by atoms with E-state index in [1.165, 1.54) is 11.4 Å². The molecule has 2 aliphatic heterocycles. The summed E-state index contributed by atoms with van der Waals surface area (Å²) in [4.78, 5) is 29.5. The molecule has 2 aliphatic rings. The van der Waals surface area contributed by atoms with Crippen molar-refractivity contribution in [3.8, 4) is 0 Å². The first-order chi connectivity index (χ1) is 25.9. The van der Waals surface area contributed by atoms with Crippen LogP contribution in [0.25, 0.3) is 11.1 Å². The number of anilines is 2. The molecule has 4 aromatic rings. The zero-order chi connectivity index (χ0) is 37.2. The van der Waals surface area contributed by atoms with Gasteiger partial charge >= 0.3 is 11.9 Å². The molecule has 8 heteroatoms. The summed E-state index contributed by atoms with van der Waals surface area (Å²) in [6.07, 6.45) is 4.36. The molecular weight excluding hydrogens is 665 g/mol. The van der Waals surface area contributed by atoms with Gasteiger partial charge in [0.05, 0.1) is 19.4 Å². The highest BCUT2D eigenvalue weighted by Gasteiger charge is 2.27. The summed E-state index contributed by atoms with van der Waals surface area (Å²) in [6.45, 7) is 13.9. The predicted molar refractivity (Wildman–Crippen MR) is 211 cm³/mol. The average Bonchev–Trinajstić information content (AvgIpc) is 4.13. The molecule has 0 radical (unpaired) electrons. The molecule has 0 aliphatic carbocycles. The number of carbonyl (C=O) groups is 2. The summed E-state index contributed by atoms with van der Waals surface area (Å²) < 4.78 is 20.8. The van der Waals surface area contributed by atoms with Crippen molar-refractivity contribution >= 4 is 34.5 Å². The third-order valence-corrected chi connectivity index (χ3v) is 9.66. The second kappa shape index (κ2) is 18.0. The second-order valence-electron chi connectivity index (χ2n) is 13.2. The number of hydrogen-bond donors (Lipinski definition) is 0. The van der Waals surface area contributed by atoms with Gasteiger partial charge in [-0.3, -0.25) is 9.59 Å². The fourth-order valence-corrected chi connectivity index (χ4v) is 6.40. The number of carbonyl (C=O) groups excluding carboxylic acids is 2. The van der Waals surface area contributed by atoms with Gasteiger partial charge < -0.3 is 28.7 Å². The quantitative estimate of drug-likeness (QED) is 0.0585. The molecule has 2 fully saturated rings. The van der Waals surface area contributed by atoms with Gasteiger partial charge in [-0.25, -0.2) is 0 Å². The highest BCUT2D eigenvalue weighted by atomic mass is 16.8. The Hall–Kier alpha value is -5.18. The van der Waals surface area contributed by atoms with Crippen molar-refractivity contribution in [3.05, 3.63) is 143 Å². The molecule has 0 bridgehead atoms. The first kappa shape index (κ1) is 37.6. The van der Waals surface area contributed by atoms with Crippen LogP contribution in [0.2, 0.25) is 0 Å². The molecule has 2 heterocycles. The standard InChI is InChI=1S/C45H50N2O6/c1-5-46(6-2)38-21-17-36(18-22-38)42(37-19-23-39(24-20-37)47(7-3)8-4)26-25-41(35-15-11-33(12-16-35)28-44(49)53-45-31-52-45)34-13-9-32(10-14-34)27-43(48)51-30-40-29-50-40/h9-26,40,45H,5-8,27-31H2,1-4H3. The van der Waals surface area contributed by atoms with E-state index in [2.05, 4.69) is 98.2 Å². The molecule has 0 amide bonds. The van der Waals surface area contributed by atoms with Crippen LogP contribution in [0.4, 0.5) is 11.4 Å². The monoisotopic (exact) mass is 714 g/mol. The second-order valence-corrected chi connectivity index (χ2v) is 13.2. The third-order valence-electron chi connectivity index (χ3n) is 9.66. The van der Waals surface area contributed by atoms with Crippen LogP contribution < -0.4 is 9.80 Å². The molecule has 0 saturated carbocycles. The molecule has 0 spiro atoms. The molecule has 276 valence electrons. The van der Waals surface area contributed by atoms with E-state index in [0.29, 0.717) is 19.8 Å². The minimum Gasteiger partial charge on any atom is -0.463 e. The Bertz CT molecular complexity index is 1810. The van der Waals surface area contributed by atoms with E-state index in [9.17, 15) is 9.59 Å². The van der Waals surface area contributed by atoms with E-state index in [4.69, 9.17) is 18.9 Å². The first-order valence-electron chi connectivity index (χ1n) is 18.8. The highest BCUT2D eigenvalue weighted by molar-refractivity contribution is 5.87. The molecular formula is C45H50N2O6. The number of esters is 2. The fraction of sp³-hybridized carbons (Fsp3) is 0.333. The van der Waals surface area contributed by atoms with Crippen LogP contribution in [0.5, 0.6) is 0 Å². The van der Waals surface area contributed by atoms with Crippen LogP contribution in [-0.4, -0.2) is 70.3 Å². The minimum atomic E-state index is -0.406. The number of hydrogen-bond acceptors (Lipinski definition) is 8. The van der Waals surface area contributed by atoms with Crippen molar-refractivity contribution in [3.63, 3.8) is 0 Å². The number of ether oxygens (including phenoxy) is 4. The molecule has 0 aromatic heterocycles. The summed E-state index contributed by atoms with van der Waals surface area (Å²) in [6, 6.07) is 33.7. The maximum Gasteiger partial charge on any atom is 0.312 e. The van der Waals surface area contributed by atoms with Gasteiger partial charge in [-0.1, -0.05) is 84.9 Å². The van der Waals surface area contributed by atoms with Crippen LogP contribution in [0.3, 0.4) is 0 Å². The lowest BCUT2D eigenvalue weighted by Gasteiger charge is -2.22. The van der Waals surface area contributed by atoms with Gasteiger partial charge in [0.1, 0.15) is 19.3 Å². The summed E-state index contributed by atoms with van der Waals surface area (Å²) in [7, 11) is 0. The van der Waals surface area contributed by atoms with Crippen LogP contribution in [-0.2, 0) is 41.4 Å². The Labute approximate surface area is 313 Å². The zero-order valence-corrected chi connectivity index (χ0v) is 31.3. The summed E-state index contributed by atoms with van der Waals surface area (Å²) in [5, 5.41) is 0. The number of rotatable bonds is 18. The summed E-state index contributed by atoms with van der Waals surface area (Å²) >= 11 is 0. The maximum absolute atomic E-state index is 12.4. The van der Waals surface area contributed by atoms with Crippen molar-refractivity contribution < 1.29 is 28.5 Å². The molecule has 6 rings (SSSR count). The molecule has 2 atom stereocenters. The van der Waals surface area contributed by atoms with Gasteiger partial charge in [0.15, 0.2) is 0 Å². The van der Waals surface area contributed by atoms with E-state index in [-0.39, 0.29) is 30.9 Å². The Morgan fingerprint density at radius 2 is 0.962 bits per heavy atom. The lowest BCUT2D eigenvalue weighted by Crippen LogP contribution is -2.21. The maximum atomic E-state index is 12.4. The third kappa shape index (κ3) is 10.5. The molecule has 53 heavy (non-hydrogen) atoms. The number of nitrogens with zero attached hydrogens (tertiary/aromatic N) is 2. The molecule has 4 aromatic carbocycles. The Morgan fingerprint density at radius 1 is 0.585 bits per heavy atom. The number of allylic oxidation sites excluding steroid dienone is 2. The van der Waals surface area contributed by atoms with Crippen molar-refractivity contribution in [2.75, 3.05) is 55.8 Å². The van der Waals surface area contributed by atoms with E-state index < -0.39 is 6.29 Å². The van der Waals surface area contributed by atoms with Crippen molar-refractivity contribution in [1.29, 1.82) is 0 Å². The Kier molecular flexibility index (Phi) is 12.8. The zero-order valence-electron chi connectivity index (χ0n) is 31.3. The van der Waals surface area contributed by atoms with Gasteiger partial charge in [-0.15, -0.1) is 0 Å². The largest absolute Gasteiger partial charge is 0.463 e. The van der Waals surface area contributed by atoms with Gasteiger partial charge in [-0.05, 0) is 96.5 Å². The Morgan fingerprint density at radius 3 is 1.32 bits per heavy atom. The highest BCUT2D eigenvalue weighted by Crippen LogP contribution is 2.31. The van der Waals surface area contributed by atoms with Gasteiger partial charge in [0.25, 0.3) is 0 Å². The van der Waals surface area contributed by atoms with Crippen molar-refractivity contribution in [2.24, 2.45) is 0 Å². The van der Waals surface area contributed by atoms with E-state index in [1.54, 1.807) is 0 Å². The first-order valence-corrected chi connectivity index (χ1v) is 18.8. The van der Waals surface area contributed by atoms with E-state index in [0.717, 1.165) is 70.7 Å². The van der Waals surface area contributed by atoms with E-state index >= 15 is 0 Å². The smallest absolute Gasteiger partial charge is 0.312 e. The van der Waals surface area contributed by atoms with Gasteiger partial charge in [-0.2, -0.15) is 0 Å². The van der Waals surface area contributed by atoms with E-state index in [1.807, 2.05) is 48.5 Å². The molecule has 8 nitrogen and oxygen atoms in total. The number of benzene rings is 4. The van der Waals surface area contributed by atoms with Crippen LogP contribution in [0, 0.1) is 0 Å². The van der Waals surface area contributed by atoms with Gasteiger partial charge in [0.2, 0.25) is 6.29 Å². The molecule has 2 unspecified atom stereocenters. The predicted octanol–water partition coefficient (Wildman–Crippen LogP) is 7.87. The lowest BCUT2D eigenvalue weighted by molar-refractivity contribution is -0.147. The minimum absolute atomic E-state index is 0.0387. The molecule has 2 saturated heterocycles. The normalized spacial score (nSPS) is 16.0. The Balaban J connectivity index is 1.36. The lowest BCUT2D eigenvalue weighted by atomic mass is 9.92. The van der Waals surface area contributed by atoms with Crippen molar-refractivity contribution in [2.45, 2.75) is 52.9 Å². The van der Waals surface area contributed by atoms with Gasteiger partial charge in [0, 0.05) is 37.6 Å². The summed E-state index contributed by atoms with van der Waals surface area (Å²) in [5.74, 6) is -0.570.